The highest BCUT2D eigenvalue weighted by atomic mass is 16.3. The molecular formula is C15H22N2O2. The number of hydrogen-bond acceptors (Lipinski definition) is 4. The Morgan fingerprint density at radius 3 is 3.05 bits per heavy atom. The molecule has 0 spiro atoms. The third-order valence-corrected chi connectivity index (χ3v) is 4.71. The quantitative estimate of drug-likeness (QED) is 0.852. The summed E-state index contributed by atoms with van der Waals surface area (Å²) >= 11 is 0. The molecule has 4 nitrogen and oxygen atoms in total. The SMILES string of the molecule is OCc1cccc(N2CCC3(O)CCCCC3C2)n1. The topological polar surface area (TPSA) is 56.6 Å². The predicted octanol–water partition coefficient (Wildman–Crippen LogP) is 1.71. The van der Waals surface area contributed by atoms with Gasteiger partial charge in [-0.15, -0.1) is 0 Å². The number of aliphatic hydroxyl groups excluding tert-OH is 1. The van der Waals surface area contributed by atoms with Gasteiger partial charge in [0.25, 0.3) is 0 Å². The molecule has 19 heavy (non-hydrogen) atoms. The molecule has 0 bridgehead atoms. The second kappa shape index (κ2) is 5.10. The lowest BCUT2D eigenvalue weighted by atomic mass is 9.71. The molecule has 2 unspecified atom stereocenters. The first-order chi connectivity index (χ1) is 9.21. The molecule has 1 aliphatic heterocycles. The summed E-state index contributed by atoms with van der Waals surface area (Å²) in [5.74, 6) is 1.30. The van der Waals surface area contributed by atoms with Gasteiger partial charge in [-0.25, -0.2) is 4.98 Å². The lowest BCUT2D eigenvalue weighted by molar-refractivity contribution is -0.0613. The van der Waals surface area contributed by atoms with Gasteiger partial charge in [0, 0.05) is 19.0 Å². The summed E-state index contributed by atoms with van der Waals surface area (Å²) < 4.78 is 0. The fraction of sp³-hybridized carbons (Fsp3) is 0.667. The van der Waals surface area contributed by atoms with Crippen molar-refractivity contribution >= 4 is 5.82 Å². The average molecular weight is 262 g/mol. The smallest absolute Gasteiger partial charge is 0.128 e. The maximum atomic E-state index is 10.7. The first kappa shape index (κ1) is 12.9. The van der Waals surface area contributed by atoms with Gasteiger partial charge < -0.3 is 15.1 Å². The lowest BCUT2D eigenvalue weighted by Crippen LogP contribution is -2.53. The molecule has 4 heteroatoms. The molecule has 2 fully saturated rings. The van der Waals surface area contributed by atoms with Gasteiger partial charge in [0.1, 0.15) is 5.82 Å². The highest BCUT2D eigenvalue weighted by molar-refractivity contribution is 5.40. The van der Waals surface area contributed by atoms with Crippen LogP contribution in [0.1, 0.15) is 37.8 Å². The number of pyridine rings is 1. The minimum Gasteiger partial charge on any atom is -0.390 e. The van der Waals surface area contributed by atoms with E-state index in [2.05, 4.69) is 9.88 Å². The van der Waals surface area contributed by atoms with E-state index < -0.39 is 5.60 Å². The van der Waals surface area contributed by atoms with E-state index in [4.69, 9.17) is 5.11 Å². The van der Waals surface area contributed by atoms with Crippen LogP contribution in [0, 0.1) is 5.92 Å². The zero-order chi connectivity index (χ0) is 13.3. The molecule has 0 aromatic carbocycles. The van der Waals surface area contributed by atoms with Crippen molar-refractivity contribution in [2.45, 2.75) is 44.3 Å². The van der Waals surface area contributed by atoms with Crippen molar-refractivity contribution < 1.29 is 10.2 Å². The molecule has 2 N–H and O–H groups in total. The minimum absolute atomic E-state index is 0.0188. The van der Waals surface area contributed by atoms with Crippen LogP contribution in [0.4, 0.5) is 5.82 Å². The molecule has 1 saturated carbocycles. The number of rotatable bonds is 2. The Hall–Kier alpha value is -1.13. The van der Waals surface area contributed by atoms with E-state index in [1.165, 1.54) is 6.42 Å². The van der Waals surface area contributed by atoms with Crippen molar-refractivity contribution in [1.29, 1.82) is 0 Å². The van der Waals surface area contributed by atoms with Crippen LogP contribution in [-0.2, 0) is 6.61 Å². The zero-order valence-electron chi connectivity index (χ0n) is 11.3. The Kier molecular flexibility index (Phi) is 3.46. The highest BCUT2D eigenvalue weighted by Crippen LogP contribution is 2.40. The predicted molar refractivity (Wildman–Crippen MR) is 73.9 cm³/mol. The van der Waals surface area contributed by atoms with Gasteiger partial charge in [-0.3, -0.25) is 0 Å². The molecule has 2 heterocycles. The molecule has 104 valence electrons. The minimum atomic E-state index is -0.441. The van der Waals surface area contributed by atoms with Crippen molar-refractivity contribution in [3.8, 4) is 0 Å². The van der Waals surface area contributed by atoms with Gasteiger partial charge in [-0.2, -0.15) is 0 Å². The molecule has 0 amide bonds. The van der Waals surface area contributed by atoms with E-state index >= 15 is 0 Å². The summed E-state index contributed by atoms with van der Waals surface area (Å²) in [5.41, 5.74) is 0.269. The molecular weight excluding hydrogens is 240 g/mol. The van der Waals surface area contributed by atoms with E-state index in [-0.39, 0.29) is 6.61 Å². The summed E-state index contributed by atoms with van der Waals surface area (Å²) in [6.45, 7) is 1.72. The van der Waals surface area contributed by atoms with Crippen LogP contribution in [0.3, 0.4) is 0 Å². The van der Waals surface area contributed by atoms with Crippen molar-refractivity contribution in [1.82, 2.24) is 4.98 Å². The number of aromatic nitrogens is 1. The standard InChI is InChI=1S/C15H22N2O2/c18-11-13-5-3-6-14(16-13)17-9-8-15(19)7-2-1-4-12(15)10-17/h3,5-6,12,18-19H,1-2,4,7-11H2. The Balaban J connectivity index is 1.76. The highest BCUT2D eigenvalue weighted by Gasteiger charge is 2.42. The van der Waals surface area contributed by atoms with E-state index in [1.54, 1.807) is 0 Å². The largest absolute Gasteiger partial charge is 0.390 e. The number of nitrogens with zero attached hydrogens (tertiary/aromatic N) is 2. The van der Waals surface area contributed by atoms with E-state index in [1.807, 2.05) is 18.2 Å². The van der Waals surface area contributed by atoms with Crippen LogP contribution in [0.5, 0.6) is 0 Å². The van der Waals surface area contributed by atoms with Crippen LogP contribution < -0.4 is 4.90 Å². The molecule has 2 aliphatic rings. The van der Waals surface area contributed by atoms with Gasteiger partial charge >= 0.3 is 0 Å². The Bertz CT molecular complexity index is 452. The summed E-state index contributed by atoms with van der Waals surface area (Å²) in [4.78, 5) is 6.72. The number of aliphatic hydroxyl groups is 2. The normalized spacial score (nSPS) is 31.1. The Morgan fingerprint density at radius 1 is 1.32 bits per heavy atom. The third-order valence-electron chi connectivity index (χ3n) is 4.71. The lowest BCUT2D eigenvalue weighted by Gasteiger charge is -2.47. The Morgan fingerprint density at radius 2 is 2.21 bits per heavy atom. The van der Waals surface area contributed by atoms with Crippen molar-refractivity contribution in [2.24, 2.45) is 5.92 Å². The van der Waals surface area contributed by atoms with E-state index in [0.29, 0.717) is 11.6 Å². The van der Waals surface area contributed by atoms with Gasteiger partial charge in [-0.1, -0.05) is 18.9 Å². The van der Waals surface area contributed by atoms with Crippen LogP contribution in [0.15, 0.2) is 18.2 Å². The molecule has 2 atom stereocenters. The van der Waals surface area contributed by atoms with Crippen LogP contribution >= 0.6 is 0 Å². The molecule has 0 radical (unpaired) electrons. The van der Waals surface area contributed by atoms with Gasteiger partial charge in [0.15, 0.2) is 0 Å². The molecule has 1 aromatic rings. The number of anilines is 1. The number of hydrogen-bond donors (Lipinski definition) is 2. The second-order valence-corrected chi connectivity index (χ2v) is 5.89. The maximum Gasteiger partial charge on any atom is 0.128 e. The van der Waals surface area contributed by atoms with Crippen LogP contribution in [0.2, 0.25) is 0 Å². The fourth-order valence-corrected chi connectivity index (χ4v) is 3.51. The van der Waals surface area contributed by atoms with Gasteiger partial charge in [-0.05, 0) is 31.4 Å². The first-order valence-corrected chi connectivity index (χ1v) is 7.25. The number of fused-ring (bicyclic) bond motifs is 1. The average Bonchev–Trinajstić information content (AvgIpc) is 2.46. The first-order valence-electron chi connectivity index (χ1n) is 7.25. The third kappa shape index (κ3) is 2.47. The Labute approximate surface area is 114 Å². The fourth-order valence-electron chi connectivity index (χ4n) is 3.51. The summed E-state index contributed by atoms with van der Waals surface area (Å²) in [6.07, 6.45) is 5.29. The van der Waals surface area contributed by atoms with Crippen molar-refractivity contribution in [3.05, 3.63) is 23.9 Å². The molecule has 1 saturated heterocycles. The molecule has 1 aliphatic carbocycles. The van der Waals surface area contributed by atoms with Gasteiger partial charge in [0.05, 0.1) is 17.9 Å². The monoisotopic (exact) mass is 262 g/mol. The summed E-state index contributed by atoms with van der Waals surface area (Å²) in [6, 6.07) is 5.77. The number of piperidine rings is 1. The maximum absolute atomic E-state index is 10.7. The summed E-state index contributed by atoms with van der Waals surface area (Å²) in [7, 11) is 0. The second-order valence-electron chi connectivity index (χ2n) is 5.89. The van der Waals surface area contributed by atoms with E-state index in [9.17, 15) is 5.11 Å². The molecule has 3 rings (SSSR count). The van der Waals surface area contributed by atoms with E-state index in [0.717, 1.165) is 44.6 Å². The van der Waals surface area contributed by atoms with Crippen LogP contribution in [-0.4, -0.2) is 33.9 Å². The zero-order valence-corrected chi connectivity index (χ0v) is 11.3. The van der Waals surface area contributed by atoms with Crippen molar-refractivity contribution in [3.63, 3.8) is 0 Å². The van der Waals surface area contributed by atoms with Crippen molar-refractivity contribution in [2.75, 3.05) is 18.0 Å². The molecule has 1 aromatic heterocycles. The summed E-state index contributed by atoms with van der Waals surface area (Å²) in [5, 5.41) is 19.8. The van der Waals surface area contributed by atoms with Gasteiger partial charge in [0.2, 0.25) is 0 Å². The van der Waals surface area contributed by atoms with Crippen LogP contribution in [0.25, 0.3) is 0 Å².